The van der Waals surface area contributed by atoms with Crippen LogP contribution in [0.4, 0.5) is 0 Å². The summed E-state index contributed by atoms with van der Waals surface area (Å²) in [5.74, 6) is 0.475. The Labute approximate surface area is 202 Å². The van der Waals surface area contributed by atoms with Crippen molar-refractivity contribution in [1.82, 2.24) is 28.3 Å². The molecule has 5 aromatic rings. The van der Waals surface area contributed by atoms with Crippen molar-refractivity contribution in [2.45, 2.75) is 11.7 Å². The van der Waals surface area contributed by atoms with E-state index in [0.717, 1.165) is 10.1 Å². The van der Waals surface area contributed by atoms with Crippen LogP contribution < -0.4 is 11.2 Å². The number of benzene rings is 2. The summed E-state index contributed by atoms with van der Waals surface area (Å²) in [6, 6.07) is 16.3. The van der Waals surface area contributed by atoms with E-state index in [1.807, 2.05) is 30.3 Å². The highest BCUT2D eigenvalue weighted by Crippen LogP contribution is 2.25. The highest BCUT2D eigenvalue weighted by molar-refractivity contribution is 7.99. The first-order chi connectivity index (χ1) is 16.4. The summed E-state index contributed by atoms with van der Waals surface area (Å²) < 4.78 is 5.86. The molecule has 3 heterocycles. The number of rotatable bonds is 6. The lowest BCUT2D eigenvalue weighted by Crippen LogP contribution is -2.37. The van der Waals surface area contributed by atoms with Crippen molar-refractivity contribution >= 4 is 46.1 Å². The fourth-order valence-corrected chi connectivity index (χ4v) is 4.83. The van der Waals surface area contributed by atoms with Gasteiger partial charge in [0.25, 0.3) is 5.56 Å². The van der Waals surface area contributed by atoms with E-state index in [1.54, 1.807) is 40.3 Å². The van der Waals surface area contributed by atoms with Crippen LogP contribution in [0.25, 0.3) is 16.9 Å². The van der Waals surface area contributed by atoms with Crippen molar-refractivity contribution in [2.75, 3.05) is 5.75 Å². The third-order valence-corrected chi connectivity index (χ3v) is 6.81. The largest absolute Gasteiger partial charge is 0.332 e. The molecule has 3 aromatic heterocycles. The highest BCUT2D eigenvalue weighted by atomic mass is 35.5. The molecular formula is C23H19ClN6O3S. The summed E-state index contributed by atoms with van der Waals surface area (Å²) in [5.41, 5.74) is 1.29. The summed E-state index contributed by atoms with van der Waals surface area (Å²) in [6.45, 7) is 0.323. The zero-order valence-corrected chi connectivity index (χ0v) is 19.9. The van der Waals surface area contributed by atoms with E-state index in [0.29, 0.717) is 39.2 Å². The molecule has 2 aromatic carbocycles. The maximum Gasteiger partial charge on any atom is 0.332 e. The van der Waals surface area contributed by atoms with E-state index in [2.05, 4.69) is 10.2 Å². The number of imidazole rings is 1. The van der Waals surface area contributed by atoms with Gasteiger partial charge in [0.15, 0.2) is 22.1 Å². The summed E-state index contributed by atoms with van der Waals surface area (Å²) in [6.07, 6.45) is 0. The van der Waals surface area contributed by atoms with E-state index in [-0.39, 0.29) is 11.5 Å². The molecule has 5 rings (SSSR count). The number of nitrogens with zero attached hydrogens (tertiary/aromatic N) is 6. The van der Waals surface area contributed by atoms with Crippen molar-refractivity contribution in [3.8, 4) is 0 Å². The molecule has 34 heavy (non-hydrogen) atoms. The van der Waals surface area contributed by atoms with Gasteiger partial charge in [-0.1, -0.05) is 65.8 Å². The van der Waals surface area contributed by atoms with Gasteiger partial charge in [-0.05, 0) is 17.7 Å². The second kappa shape index (κ2) is 8.62. The first kappa shape index (κ1) is 22.2. The number of carbonyl (C=O) groups is 1. The summed E-state index contributed by atoms with van der Waals surface area (Å²) in [5, 5.41) is 9.61. The van der Waals surface area contributed by atoms with Gasteiger partial charge in [0.05, 0.1) is 12.3 Å². The SMILES string of the molecule is Cn1c(=O)c2c(n(C)c1=O)n1c(SCC(=O)c3ccccc3)nnc1n2Cc1ccc(Cl)cc1. The summed E-state index contributed by atoms with van der Waals surface area (Å²) in [4.78, 5) is 38.5. The maximum absolute atomic E-state index is 13.2. The van der Waals surface area contributed by atoms with Crippen LogP contribution in [0.5, 0.6) is 0 Å². The van der Waals surface area contributed by atoms with E-state index in [1.165, 1.54) is 23.4 Å². The number of hydrogen-bond donors (Lipinski definition) is 0. The predicted octanol–water partition coefficient (Wildman–Crippen LogP) is 2.76. The van der Waals surface area contributed by atoms with Gasteiger partial charge in [-0.15, -0.1) is 10.2 Å². The molecule has 0 spiro atoms. The average molecular weight is 495 g/mol. The summed E-state index contributed by atoms with van der Waals surface area (Å²) in [7, 11) is 3.04. The first-order valence-corrected chi connectivity index (χ1v) is 11.7. The Morgan fingerprint density at radius 2 is 1.68 bits per heavy atom. The van der Waals surface area contributed by atoms with E-state index in [9.17, 15) is 14.4 Å². The van der Waals surface area contributed by atoms with Crippen LogP contribution in [0.1, 0.15) is 15.9 Å². The molecular weight excluding hydrogens is 476 g/mol. The van der Waals surface area contributed by atoms with Crippen molar-refractivity contribution < 1.29 is 4.79 Å². The number of carbonyl (C=O) groups excluding carboxylic acids is 1. The normalized spacial score (nSPS) is 11.5. The molecule has 0 unspecified atom stereocenters. The van der Waals surface area contributed by atoms with Gasteiger partial charge in [0, 0.05) is 24.7 Å². The molecule has 0 saturated heterocycles. The first-order valence-electron chi connectivity index (χ1n) is 10.4. The Balaban J connectivity index is 1.66. The third-order valence-electron chi connectivity index (χ3n) is 5.63. The number of aromatic nitrogens is 6. The van der Waals surface area contributed by atoms with E-state index in [4.69, 9.17) is 11.6 Å². The number of ketones is 1. The smallest absolute Gasteiger partial charge is 0.298 e. The summed E-state index contributed by atoms with van der Waals surface area (Å²) >= 11 is 7.23. The molecule has 0 aliphatic rings. The zero-order valence-electron chi connectivity index (χ0n) is 18.3. The number of halogens is 1. The van der Waals surface area contributed by atoms with Crippen LogP contribution in [-0.2, 0) is 20.6 Å². The molecule has 0 atom stereocenters. The Hall–Kier alpha value is -3.63. The van der Waals surface area contributed by atoms with Gasteiger partial charge < -0.3 is 0 Å². The predicted molar refractivity (Wildman–Crippen MR) is 131 cm³/mol. The van der Waals surface area contributed by atoms with E-state index < -0.39 is 11.2 Å². The molecule has 11 heteroatoms. The van der Waals surface area contributed by atoms with Gasteiger partial charge in [0.2, 0.25) is 5.78 Å². The molecule has 0 saturated carbocycles. The molecule has 0 radical (unpaired) electrons. The second-order valence-electron chi connectivity index (χ2n) is 7.79. The highest BCUT2D eigenvalue weighted by Gasteiger charge is 2.24. The molecule has 0 bridgehead atoms. The molecule has 172 valence electrons. The monoisotopic (exact) mass is 494 g/mol. The van der Waals surface area contributed by atoms with Gasteiger partial charge in [-0.3, -0.25) is 23.3 Å². The van der Waals surface area contributed by atoms with Gasteiger partial charge in [0.1, 0.15) is 0 Å². The van der Waals surface area contributed by atoms with Crippen LogP contribution in [0.15, 0.2) is 69.3 Å². The molecule has 0 N–H and O–H groups in total. The van der Waals surface area contributed by atoms with E-state index >= 15 is 0 Å². The maximum atomic E-state index is 13.2. The quantitative estimate of drug-likeness (QED) is 0.266. The van der Waals surface area contributed by atoms with Gasteiger partial charge in [-0.2, -0.15) is 0 Å². The number of aryl methyl sites for hydroxylation is 1. The Morgan fingerprint density at radius 1 is 0.971 bits per heavy atom. The fraction of sp³-hybridized carbons (Fsp3) is 0.174. The third kappa shape index (κ3) is 3.64. The Kier molecular flexibility index (Phi) is 5.62. The van der Waals surface area contributed by atoms with Crippen LogP contribution in [0, 0.1) is 0 Å². The second-order valence-corrected chi connectivity index (χ2v) is 9.17. The minimum absolute atomic E-state index is 0.0583. The number of hydrogen-bond acceptors (Lipinski definition) is 6. The molecule has 0 fully saturated rings. The minimum atomic E-state index is -0.465. The van der Waals surface area contributed by atoms with Gasteiger partial charge >= 0.3 is 5.69 Å². The van der Waals surface area contributed by atoms with Crippen molar-refractivity contribution in [3.05, 3.63) is 91.6 Å². The molecule has 9 nitrogen and oxygen atoms in total. The fourth-order valence-electron chi connectivity index (χ4n) is 3.88. The van der Waals surface area contributed by atoms with Gasteiger partial charge in [-0.25, -0.2) is 9.20 Å². The number of thioether (sulfide) groups is 1. The number of fused-ring (bicyclic) bond motifs is 3. The Morgan fingerprint density at radius 3 is 2.38 bits per heavy atom. The molecule has 0 amide bonds. The van der Waals surface area contributed by atoms with Crippen LogP contribution >= 0.6 is 23.4 Å². The Bertz CT molecular complexity index is 1670. The average Bonchev–Trinajstić information content (AvgIpc) is 3.40. The molecule has 0 aliphatic carbocycles. The lowest BCUT2D eigenvalue weighted by Gasteiger charge is -2.08. The van der Waals surface area contributed by atoms with Crippen molar-refractivity contribution in [1.29, 1.82) is 0 Å². The standard InChI is InChI=1S/C23H19ClN6O3S/c1-27-19-18(20(32)28(2)23(27)33)29(12-14-8-10-16(24)11-9-14)21-25-26-22(30(19)21)34-13-17(31)15-6-4-3-5-7-15/h3-11H,12-13H2,1-2H3. The topological polar surface area (TPSA) is 96.2 Å². The zero-order chi connectivity index (χ0) is 24.0. The lowest BCUT2D eigenvalue weighted by atomic mass is 10.2. The van der Waals surface area contributed by atoms with Crippen LogP contribution in [0.3, 0.4) is 0 Å². The van der Waals surface area contributed by atoms with Crippen molar-refractivity contribution in [2.24, 2.45) is 14.1 Å². The lowest BCUT2D eigenvalue weighted by molar-refractivity contribution is 0.102. The van der Waals surface area contributed by atoms with Crippen LogP contribution in [0.2, 0.25) is 5.02 Å². The minimum Gasteiger partial charge on any atom is -0.298 e. The molecule has 0 aliphatic heterocycles. The van der Waals surface area contributed by atoms with Crippen LogP contribution in [-0.4, -0.2) is 39.8 Å². The van der Waals surface area contributed by atoms with Crippen molar-refractivity contribution in [3.63, 3.8) is 0 Å². The number of Topliss-reactive ketones (excluding diaryl/α,β-unsaturated/α-hetero) is 1.